The highest BCUT2D eigenvalue weighted by molar-refractivity contribution is 6.11. The summed E-state index contributed by atoms with van der Waals surface area (Å²) in [5.74, 6) is -1.88. The number of esters is 2. The van der Waals surface area contributed by atoms with E-state index in [4.69, 9.17) is 4.74 Å². The number of nitrogens with one attached hydrogen (secondary N) is 1. The Morgan fingerprint density at radius 2 is 1.10 bits per heavy atom. The summed E-state index contributed by atoms with van der Waals surface area (Å²) < 4.78 is 5.08. The van der Waals surface area contributed by atoms with Crippen molar-refractivity contribution >= 4 is 23.5 Å². The summed E-state index contributed by atoms with van der Waals surface area (Å²) in [4.78, 5) is 37.8. The molecule has 0 heterocycles. The van der Waals surface area contributed by atoms with Crippen molar-refractivity contribution in [1.82, 2.24) is 0 Å². The first-order valence-corrected chi connectivity index (χ1v) is 9.17. The molecule has 0 aliphatic carbocycles. The van der Waals surface area contributed by atoms with Crippen molar-refractivity contribution in [3.05, 3.63) is 100 Å². The molecule has 0 aliphatic rings. The molecule has 1 amide bonds. The Morgan fingerprint density at radius 1 is 0.621 bits per heavy atom. The molecule has 0 atom stereocenters. The van der Waals surface area contributed by atoms with Crippen molar-refractivity contribution in [2.45, 2.75) is 20.8 Å². The molecule has 3 rings (SSSR count). The maximum Gasteiger partial charge on any atom is 0.348 e. The molecule has 0 aromatic heterocycles. The zero-order chi connectivity index (χ0) is 21.0. The van der Waals surface area contributed by atoms with E-state index in [1.54, 1.807) is 62.4 Å². The molecule has 5 heteroatoms. The van der Waals surface area contributed by atoms with Crippen LogP contribution in [-0.4, -0.2) is 17.8 Å². The fourth-order valence-electron chi connectivity index (χ4n) is 3.01. The van der Waals surface area contributed by atoms with Gasteiger partial charge in [-0.3, -0.25) is 4.79 Å². The number of ether oxygens (including phenoxy) is 1. The fourth-order valence-corrected chi connectivity index (χ4v) is 3.01. The number of carbonyl (C=O) groups is 3. The predicted molar refractivity (Wildman–Crippen MR) is 111 cm³/mol. The smallest absolute Gasteiger partial charge is 0.348 e. The number of hydrogen-bond donors (Lipinski definition) is 1. The third-order valence-corrected chi connectivity index (χ3v) is 4.67. The van der Waals surface area contributed by atoms with Crippen LogP contribution in [0.4, 0.5) is 5.69 Å². The van der Waals surface area contributed by atoms with Crippen molar-refractivity contribution in [1.29, 1.82) is 0 Å². The van der Waals surface area contributed by atoms with Crippen LogP contribution in [0.5, 0.6) is 0 Å². The quantitative estimate of drug-likeness (QED) is 0.512. The Bertz CT molecular complexity index is 1100. The van der Waals surface area contributed by atoms with Gasteiger partial charge >= 0.3 is 11.9 Å². The summed E-state index contributed by atoms with van der Waals surface area (Å²) >= 11 is 0. The van der Waals surface area contributed by atoms with Crippen LogP contribution >= 0.6 is 0 Å². The van der Waals surface area contributed by atoms with Crippen LogP contribution in [0, 0.1) is 20.8 Å². The van der Waals surface area contributed by atoms with E-state index in [1.165, 1.54) is 6.07 Å². The number of carbonyl (C=O) groups excluding carboxylic acids is 3. The fraction of sp³-hybridized carbons (Fsp3) is 0.125. The van der Waals surface area contributed by atoms with Gasteiger partial charge in [0.15, 0.2) is 0 Å². The highest BCUT2D eigenvalue weighted by Gasteiger charge is 2.21. The molecular weight excluding hydrogens is 366 g/mol. The Balaban J connectivity index is 1.87. The summed E-state index contributed by atoms with van der Waals surface area (Å²) in [5, 5.41) is 2.79. The average Bonchev–Trinajstić information content (AvgIpc) is 2.70. The molecule has 0 bridgehead atoms. The van der Waals surface area contributed by atoms with Gasteiger partial charge in [-0.2, -0.15) is 0 Å². The number of rotatable bonds is 4. The van der Waals surface area contributed by atoms with Crippen LogP contribution in [0.1, 0.15) is 47.8 Å². The first-order chi connectivity index (χ1) is 13.9. The summed E-state index contributed by atoms with van der Waals surface area (Å²) in [5.41, 5.74) is 3.48. The lowest BCUT2D eigenvalue weighted by molar-refractivity contribution is 0.0398. The van der Waals surface area contributed by atoms with Gasteiger partial charge in [0.1, 0.15) is 0 Å². The Hall–Kier alpha value is -3.73. The van der Waals surface area contributed by atoms with Crippen LogP contribution in [0.2, 0.25) is 0 Å². The minimum atomic E-state index is -0.818. The Kier molecular flexibility index (Phi) is 5.88. The van der Waals surface area contributed by atoms with Gasteiger partial charge in [-0.05, 0) is 55.7 Å². The normalized spacial score (nSPS) is 10.3. The summed E-state index contributed by atoms with van der Waals surface area (Å²) in [6, 6.07) is 19.0. The van der Waals surface area contributed by atoms with Crippen molar-refractivity contribution in [3.63, 3.8) is 0 Å². The lowest BCUT2D eigenvalue weighted by atomic mass is 10.1. The maximum atomic E-state index is 12.7. The third-order valence-electron chi connectivity index (χ3n) is 4.67. The van der Waals surface area contributed by atoms with Crippen molar-refractivity contribution < 1.29 is 19.1 Å². The second-order valence-corrected chi connectivity index (χ2v) is 6.76. The molecule has 0 radical (unpaired) electrons. The van der Waals surface area contributed by atoms with Gasteiger partial charge in [0.05, 0.1) is 16.8 Å². The number of para-hydroxylation sites is 1. The molecule has 5 nitrogen and oxygen atoms in total. The average molecular weight is 387 g/mol. The van der Waals surface area contributed by atoms with E-state index in [2.05, 4.69) is 5.32 Å². The second-order valence-electron chi connectivity index (χ2n) is 6.76. The standard InChI is InChI=1S/C24H21NO4/c1-15-9-4-6-12-18(15)22(26)25-21-17(3)11-8-14-20(21)24(28)29-23(27)19-13-7-5-10-16(19)2/h4-14H,1-3H3,(H,25,26). The van der Waals surface area contributed by atoms with E-state index in [9.17, 15) is 14.4 Å². The minimum absolute atomic E-state index is 0.119. The van der Waals surface area contributed by atoms with Gasteiger partial charge in [-0.1, -0.05) is 48.5 Å². The van der Waals surface area contributed by atoms with E-state index in [-0.39, 0.29) is 11.5 Å². The predicted octanol–water partition coefficient (Wildman–Crippen LogP) is 4.86. The first kappa shape index (κ1) is 20.0. The van der Waals surface area contributed by atoms with E-state index in [0.29, 0.717) is 27.9 Å². The molecular formula is C24H21NO4. The SMILES string of the molecule is Cc1ccccc1C(=O)Nc1c(C)cccc1C(=O)OC(=O)c1ccccc1C. The van der Waals surface area contributed by atoms with Crippen LogP contribution in [-0.2, 0) is 4.74 Å². The molecule has 0 spiro atoms. The van der Waals surface area contributed by atoms with Crippen LogP contribution in [0.3, 0.4) is 0 Å². The van der Waals surface area contributed by atoms with E-state index in [0.717, 1.165) is 5.56 Å². The van der Waals surface area contributed by atoms with Gasteiger partial charge in [-0.15, -0.1) is 0 Å². The minimum Gasteiger partial charge on any atom is -0.386 e. The highest BCUT2D eigenvalue weighted by Crippen LogP contribution is 2.23. The number of anilines is 1. The zero-order valence-electron chi connectivity index (χ0n) is 16.5. The lowest BCUT2D eigenvalue weighted by Gasteiger charge is -2.14. The van der Waals surface area contributed by atoms with Crippen molar-refractivity contribution in [3.8, 4) is 0 Å². The highest BCUT2D eigenvalue weighted by atomic mass is 16.6. The summed E-state index contributed by atoms with van der Waals surface area (Å²) in [6.45, 7) is 5.37. The first-order valence-electron chi connectivity index (χ1n) is 9.17. The van der Waals surface area contributed by atoms with Crippen molar-refractivity contribution in [2.24, 2.45) is 0 Å². The van der Waals surface area contributed by atoms with Gasteiger partial charge in [0.2, 0.25) is 0 Å². The zero-order valence-corrected chi connectivity index (χ0v) is 16.5. The molecule has 1 N–H and O–H groups in total. The second kappa shape index (κ2) is 8.52. The molecule has 3 aromatic rings. The number of aryl methyl sites for hydroxylation is 3. The number of hydrogen-bond acceptors (Lipinski definition) is 4. The third kappa shape index (κ3) is 4.41. The van der Waals surface area contributed by atoms with Gasteiger partial charge in [-0.25, -0.2) is 9.59 Å². The molecule has 0 unspecified atom stereocenters. The molecule has 0 saturated heterocycles. The summed E-state index contributed by atoms with van der Waals surface area (Å²) in [6.07, 6.45) is 0. The molecule has 3 aromatic carbocycles. The topological polar surface area (TPSA) is 72.5 Å². The van der Waals surface area contributed by atoms with Crippen LogP contribution in [0.25, 0.3) is 0 Å². The van der Waals surface area contributed by atoms with E-state index >= 15 is 0 Å². The molecule has 29 heavy (non-hydrogen) atoms. The van der Waals surface area contributed by atoms with Crippen LogP contribution < -0.4 is 5.32 Å². The van der Waals surface area contributed by atoms with Gasteiger partial charge < -0.3 is 10.1 Å². The van der Waals surface area contributed by atoms with E-state index < -0.39 is 11.9 Å². The molecule has 0 fully saturated rings. The summed E-state index contributed by atoms with van der Waals surface area (Å²) in [7, 11) is 0. The van der Waals surface area contributed by atoms with Gasteiger partial charge in [0, 0.05) is 5.56 Å². The molecule has 0 saturated carbocycles. The monoisotopic (exact) mass is 387 g/mol. The maximum absolute atomic E-state index is 12.7. The number of benzene rings is 3. The lowest BCUT2D eigenvalue weighted by Crippen LogP contribution is -2.19. The molecule has 146 valence electrons. The molecule has 0 aliphatic heterocycles. The van der Waals surface area contributed by atoms with E-state index in [1.807, 2.05) is 19.1 Å². The largest absolute Gasteiger partial charge is 0.386 e. The Morgan fingerprint density at radius 3 is 1.72 bits per heavy atom. The Labute approximate surface area is 169 Å². The number of amides is 1. The van der Waals surface area contributed by atoms with Crippen LogP contribution in [0.15, 0.2) is 66.7 Å². The van der Waals surface area contributed by atoms with Gasteiger partial charge in [0.25, 0.3) is 5.91 Å². The van der Waals surface area contributed by atoms with Crippen molar-refractivity contribution in [2.75, 3.05) is 5.32 Å².